The van der Waals surface area contributed by atoms with E-state index in [2.05, 4.69) is 20.0 Å². The molecular weight excluding hydrogens is 359 g/mol. The third kappa shape index (κ3) is 3.80. The fraction of sp³-hybridized carbons (Fsp3) is 0.0625. The van der Waals surface area contributed by atoms with Crippen molar-refractivity contribution in [3.63, 3.8) is 0 Å². The fourth-order valence-electron chi connectivity index (χ4n) is 1.98. The molecule has 0 aliphatic carbocycles. The second-order valence-corrected chi connectivity index (χ2v) is 5.41. The normalized spacial score (nSPS) is 11.4. The van der Waals surface area contributed by atoms with Crippen LogP contribution in [0.1, 0.15) is 16.2 Å². The van der Waals surface area contributed by atoms with Gasteiger partial charge in [0.2, 0.25) is 5.82 Å². The smallest absolute Gasteiger partial charge is 0.331 e. The zero-order valence-electron chi connectivity index (χ0n) is 12.3. The van der Waals surface area contributed by atoms with Crippen LogP contribution >= 0.6 is 11.6 Å². The van der Waals surface area contributed by atoms with Crippen LogP contribution in [0.25, 0.3) is 11.4 Å². The summed E-state index contributed by atoms with van der Waals surface area (Å²) in [6.45, 7) is 0. The van der Waals surface area contributed by atoms with Crippen molar-refractivity contribution in [3.8, 4) is 11.4 Å². The van der Waals surface area contributed by atoms with Gasteiger partial charge in [-0.15, -0.1) is 0 Å². The second kappa shape index (κ2) is 6.56. The molecule has 1 aromatic heterocycles. The molecule has 1 amide bonds. The SMILES string of the molecule is O=C(Nc1ccccc1F)c1ccc(-c2noc(C(F)(F)Cl)n2)cc1. The summed E-state index contributed by atoms with van der Waals surface area (Å²) in [6, 6.07) is 11.5. The standard InChI is InChI=1S/C16H9ClF3N3O2/c17-16(19,20)15-22-13(23-25-15)9-5-7-10(8-6-9)14(24)21-12-4-2-1-3-11(12)18/h1-8H,(H,21,24). The number of alkyl halides is 3. The highest BCUT2D eigenvalue weighted by molar-refractivity contribution is 6.21. The van der Waals surface area contributed by atoms with E-state index in [0.29, 0.717) is 5.56 Å². The summed E-state index contributed by atoms with van der Waals surface area (Å²) in [4.78, 5) is 15.6. The topological polar surface area (TPSA) is 68.0 Å². The number of aromatic nitrogens is 2. The first kappa shape index (κ1) is 17.0. The Morgan fingerprint density at radius 3 is 2.40 bits per heavy atom. The number of amides is 1. The summed E-state index contributed by atoms with van der Waals surface area (Å²) in [6.07, 6.45) is 0. The molecule has 0 fully saturated rings. The van der Waals surface area contributed by atoms with Crippen LogP contribution in [0.15, 0.2) is 53.1 Å². The average Bonchev–Trinajstić information content (AvgIpc) is 3.07. The molecule has 0 aliphatic rings. The zero-order chi connectivity index (χ0) is 18.0. The van der Waals surface area contributed by atoms with E-state index >= 15 is 0 Å². The number of hydrogen-bond donors (Lipinski definition) is 1. The van der Waals surface area contributed by atoms with E-state index in [1.807, 2.05) is 0 Å². The van der Waals surface area contributed by atoms with Gasteiger partial charge in [0.25, 0.3) is 5.91 Å². The number of hydrogen-bond acceptors (Lipinski definition) is 4. The van der Waals surface area contributed by atoms with Crippen molar-refractivity contribution in [2.75, 3.05) is 5.32 Å². The lowest BCUT2D eigenvalue weighted by Gasteiger charge is -2.06. The number of rotatable bonds is 4. The van der Waals surface area contributed by atoms with Gasteiger partial charge < -0.3 is 9.84 Å². The predicted molar refractivity (Wildman–Crippen MR) is 83.8 cm³/mol. The first-order chi connectivity index (χ1) is 11.8. The predicted octanol–water partition coefficient (Wildman–Crippen LogP) is 4.42. The summed E-state index contributed by atoms with van der Waals surface area (Å²) in [5, 5.41) is 2.08. The van der Waals surface area contributed by atoms with E-state index in [4.69, 9.17) is 11.6 Å². The van der Waals surface area contributed by atoms with Gasteiger partial charge in [-0.1, -0.05) is 29.4 Å². The highest BCUT2D eigenvalue weighted by Gasteiger charge is 2.35. The highest BCUT2D eigenvalue weighted by atomic mass is 35.5. The molecule has 0 atom stereocenters. The quantitative estimate of drug-likeness (QED) is 0.693. The molecule has 0 spiro atoms. The molecule has 128 valence electrons. The van der Waals surface area contributed by atoms with Gasteiger partial charge in [-0.25, -0.2) is 4.39 Å². The van der Waals surface area contributed by atoms with Crippen molar-refractivity contribution in [3.05, 3.63) is 65.8 Å². The molecule has 1 N–H and O–H groups in total. The Labute approximate surface area is 144 Å². The molecule has 0 saturated carbocycles. The number of nitrogens with one attached hydrogen (secondary N) is 1. The van der Waals surface area contributed by atoms with Crippen molar-refractivity contribution in [2.45, 2.75) is 5.38 Å². The van der Waals surface area contributed by atoms with Crippen LogP contribution in [0.2, 0.25) is 0 Å². The van der Waals surface area contributed by atoms with Gasteiger partial charge in [-0.05, 0) is 35.9 Å². The molecule has 0 aliphatic heterocycles. The van der Waals surface area contributed by atoms with Gasteiger partial charge in [0.05, 0.1) is 5.69 Å². The minimum Gasteiger partial charge on any atom is -0.331 e. The van der Waals surface area contributed by atoms with Crippen LogP contribution in [-0.4, -0.2) is 16.0 Å². The number of para-hydroxylation sites is 1. The first-order valence-electron chi connectivity index (χ1n) is 6.92. The number of carbonyl (C=O) groups is 1. The molecule has 0 radical (unpaired) electrons. The van der Waals surface area contributed by atoms with E-state index in [1.165, 1.54) is 42.5 Å². The molecule has 1 heterocycles. The lowest BCUT2D eigenvalue weighted by molar-refractivity contribution is 0.0551. The third-order valence-electron chi connectivity index (χ3n) is 3.20. The summed E-state index contributed by atoms with van der Waals surface area (Å²) in [5.74, 6) is -2.21. The summed E-state index contributed by atoms with van der Waals surface area (Å²) in [7, 11) is 0. The molecule has 0 unspecified atom stereocenters. The molecule has 2 aromatic carbocycles. The average molecular weight is 368 g/mol. The molecular formula is C16H9ClF3N3O2. The molecule has 9 heteroatoms. The van der Waals surface area contributed by atoms with Crippen molar-refractivity contribution in [2.24, 2.45) is 0 Å². The van der Waals surface area contributed by atoms with Gasteiger partial charge in [-0.3, -0.25) is 4.79 Å². The molecule has 0 bridgehead atoms. The lowest BCUT2D eigenvalue weighted by Crippen LogP contribution is -2.12. The van der Waals surface area contributed by atoms with Crippen molar-refractivity contribution >= 4 is 23.2 Å². The van der Waals surface area contributed by atoms with Crippen molar-refractivity contribution in [1.82, 2.24) is 10.1 Å². The maximum atomic E-state index is 13.5. The van der Waals surface area contributed by atoms with E-state index in [-0.39, 0.29) is 17.1 Å². The van der Waals surface area contributed by atoms with E-state index in [9.17, 15) is 18.0 Å². The van der Waals surface area contributed by atoms with Gasteiger partial charge in [-0.2, -0.15) is 13.8 Å². The lowest BCUT2D eigenvalue weighted by atomic mass is 10.1. The second-order valence-electron chi connectivity index (χ2n) is 4.93. The highest BCUT2D eigenvalue weighted by Crippen LogP contribution is 2.32. The number of carbonyl (C=O) groups excluding carboxylic acids is 1. The molecule has 0 saturated heterocycles. The Bertz CT molecular complexity index is 907. The van der Waals surface area contributed by atoms with Gasteiger partial charge >= 0.3 is 11.3 Å². The summed E-state index contributed by atoms with van der Waals surface area (Å²) in [5.41, 5.74) is 0.625. The number of anilines is 1. The Morgan fingerprint density at radius 2 is 1.80 bits per heavy atom. The molecule has 5 nitrogen and oxygen atoms in total. The Balaban J connectivity index is 1.77. The largest absolute Gasteiger partial charge is 0.400 e. The Hall–Kier alpha value is -2.87. The van der Waals surface area contributed by atoms with Crippen LogP contribution < -0.4 is 5.32 Å². The van der Waals surface area contributed by atoms with Crippen LogP contribution in [0, 0.1) is 5.82 Å². The van der Waals surface area contributed by atoms with E-state index in [1.54, 1.807) is 6.07 Å². The summed E-state index contributed by atoms with van der Waals surface area (Å²) >= 11 is 4.80. The minimum absolute atomic E-state index is 0.0451. The first-order valence-corrected chi connectivity index (χ1v) is 7.29. The van der Waals surface area contributed by atoms with Gasteiger partial charge in [0, 0.05) is 11.1 Å². The molecule has 3 aromatic rings. The maximum absolute atomic E-state index is 13.5. The number of benzene rings is 2. The maximum Gasteiger partial charge on any atom is 0.400 e. The van der Waals surface area contributed by atoms with Gasteiger partial charge in [0.15, 0.2) is 0 Å². The van der Waals surface area contributed by atoms with Crippen LogP contribution in [0.3, 0.4) is 0 Å². The van der Waals surface area contributed by atoms with E-state index < -0.39 is 23.0 Å². The summed E-state index contributed by atoms with van der Waals surface area (Å²) < 4.78 is 43.7. The Morgan fingerprint density at radius 1 is 1.12 bits per heavy atom. The zero-order valence-corrected chi connectivity index (χ0v) is 13.1. The monoisotopic (exact) mass is 367 g/mol. The number of nitrogens with zero attached hydrogens (tertiary/aromatic N) is 2. The minimum atomic E-state index is -3.76. The molecule has 3 rings (SSSR count). The fourth-order valence-corrected chi connectivity index (χ4v) is 2.06. The van der Waals surface area contributed by atoms with Crippen LogP contribution in [-0.2, 0) is 5.38 Å². The molecule has 25 heavy (non-hydrogen) atoms. The number of halogens is 4. The van der Waals surface area contributed by atoms with Crippen LogP contribution in [0.4, 0.5) is 18.9 Å². The van der Waals surface area contributed by atoms with Gasteiger partial charge in [0.1, 0.15) is 5.82 Å². The van der Waals surface area contributed by atoms with Crippen molar-refractivity contribution in [1.29, 1.82) is 0 Å². The third-order valence-corrected chi connectivity index (χ3v) is 3.36. The van der Waals surface area contributed by atoms with E-state index in [0.717, 1.165) is 0 Å². The Kier molecular flexibility index (Phi) is 4.45. The van der Waals surface area contributed by atoms with Crippen molar-refractivity contribution < 1.29 is 22.5 Å². The van der Waals surface area contributed by atoms with Crippen LogP contribution in [0.5, 0.6) is 0 Å².